The van der Waals surface area contributed by atoms with Crippen LogP contribution in [0, 0.1) is 10.1 Å². The predicted octanol–water partition coefficient (Wildman–Crippen LogP) is 1.27. The lowest BCUT2D eigenvalue weighted by Gasteiger charge is -2.17. The molecule has 1 aliphatic rings. The SMILES string of the molecule is CCNc1cc([N+](=O)[O-])cc(N2CC(OC)C(OC)C2)n1. The summed E-state index contributed by atoms with van der Waals surface area (Å²) in [5.41, 5.74) is 0.0192. The number of pyridine rings is 1. The maximum absolute atomic E-state index is 11.0. The van der Waals surface area contributed by atoms with Crippen molar-refractivity contribution >= 4 is 17.3 Å². The van der Waals surface area contributed by atoms with Gasteiger partial charge in [-0.3, -0.25) is 10.1 Å². The zero-order valence-corrected chi connectivity index (χ0v) is 12.4. The largest absolute Gasteiger partial charge is 0.377 e. The molecule has 8 heteroatoms. The van der Waals surface area contributed by atoms with Crippen molar-refractivity contribution in [1.29, 1.82) is 0 Å². The summed E-state index contributed by atoms with van der Waals surface area (Å²) in [6.07, 6.45) is -0.141. The van der Waals surface area contributed by atoms with E-state index < -0.39 is 4.92 Å². The number of nitrogens with one attached hydrogen (secondary N) is 1. The molecule has 0 spiro atoms. The predicted molar refractivity (Wildman–Crippen MR) is 78.9 cm³/mol. The van der Waals surface area contributed by atoms with Crippen LogP contribution in [0.25, 0.3) is 0 Å². The summed E-state index contributed by atoms with van der Waals surface area (Å²) in [6.45, 7) is 3.75. The summed E-state index contributed by atoms with van der Waals surface area (Å²) in [7, 11) is 3.26. The maximum atomic E-state index is 11.0. The van der Waals surface area contributed by atoms with Gasteiger partial charge in [-0.25, -0.2) is 4.98 Å². The van der Waals surface area contributed by atoms with E-state index in [4.69, 9.17) is 9.47 Å². The summed E-state index contributed by atoms with van der Waals surface area (Å²) in [5.74, 6) is 1.05. The Morgan fingerprint density at radius 1 is 1.38 bits per heavy atom. The smallest absolute Gasteiger partial charge is 0.276 e. The molecule has 1 fully saturated rings. The normalized spacial score (nSPS) is 21.6. The van der Waals surface area contributed by atoms with Gasteiger partial charge in [-0.15, -0.1) is 0 Å². The lowest BCUT2D eigenvalue weighted by Crippen LogP contribution is -2.27. The molecule has 0 bridgehead atoms. The van der Waals surface area contributed by atoms with Gasteiger partial charge < -0.3 is 19.7 Å². The molecule has 2 unspecified atom stereocenters. The molecular weight excluding hydrogens is 276 g/mol. The van der Waals surface area contributed by atoms with Crippen LogP contribution >= 0.6 is 0 Å². The molecular formula is C13H20N4O4. The van der Waals surface area contributed by atoms with Crippen molar-refractivity contribution in [3.63, 3.8) is 0 Å². The lowest BCUT2D eigenvalue weighted by atomic mass is 10.3. The van der Waals surface area contributed by atoms with Crippen LogP contribution < -0.4 is 10.2 Å². The highest BCUT2D eigenvalue weighted by atomic mass is 16.6. The van der Waals surface area contributed by atoms with E-state index in [-0.39, 0.29) is 17.9 Å². The minimum atomic E-state index is -0.413. The van der Waals surface area contributed by atoms with Crippen molar-refractivity contribution in [2.24, 2.45) is 0 Å². The number of ether oxygens (including phenoxy) is 2. The fraction of sp³-hybridized carbons (Fsp3) is 0.615. The second-order valence-corrected chi connectivity index (χ2v) is 4.81. The van der Waals surface area contributed by atoms with Crippen molar-refractivity contribution in [3.8, 4) is 0 Å². The van der Waals surface area contributed by atoms with Crippen molar-refractivity contribution in [2.45, 2.75) is 19.1 Å². The number of nitro groups is 1. The van der Waals surface area contributed by atoms with Gasteiger partial charge in [-0.2, -0.15) is 0 Å². The highest BCUT2D eigenvalue weighted by molar-refractivity contribution is 5.56. The van der Waals surface area contributed by atoms with Crippen LogP contribution in [0.1, 0.15) is 6.92 Å². The third-order valence-corrected chi connectivity index (χ3v) is 3.51. The van der Waals surface area contributed by atoms with E-state index in [0.717, 1.165) is 0 Å². The Kier molecular flexibility index (Phi) is 4.92. The minimum Gasteiger partial charge on any atom is -0.377 e. The van der Waals surface area contributed by atoms with E-state index in [1.165, 1.54) is 12.1 Å². The molecule has 116 valence electrons. The Morgan fingerprint density at radius 2 is 2.00 bits per heavy atom. The second kappa shape index (κ2) is 6.68. The Balaban J connectivity index is 2.28. The Hall–Kier alpha value is -1.93. The quantitative estimate of drug-likeness (QED) is 0.624. The Bertz CT molecular complexity index is 499. The zero-order valence-electron chi connectivity index (χ0n) is 12.4. The van der Waals surface area contributed by atoms with Gasteiger partial charge in [0.2, 0.25) is 0 Å². The summed E-state index contributed by atoms with van der Waals surface area (Å²) in [4.78, 5) is 17.0. The van der Waals surface area contributed by atoms with Crippen LogP contribution in [0.5, 0.6) is 0 Å². The summed E-state index contributed by atoms with van der Waals surface area (Å²) < 4.78 is 10.8. The third kappa shape index (κ3) is 3.40. The van der Waals surface area contributed by atoms with E-state index in [1.54, 1.807) is 14.2 Å². The van der Waals surface area contributed by atoms with E-state index in [2.05, 4.69) is 10.3 Å². The topological polar surface area (TPSA) is 89.8 Å². The average molecular weight is 296 g/mol. The molecule has 21 heavy (non-hydrogen) atoms. The first-order valence-corrected chi connectivity index (χ1v) is 6.80. The highest BCUT2D eigenvalue weighted by Gasteiger charge is 2.34. The third-order valence-electron chi connectivity index (χ3n) is 3.51. The van der Waals surface area contributed by atoms with E-state index in [0.29, 0.717) is 31.3 Å². The Morgan fingerprint density at radius 3 is 2.48 bits per heavy atom. The fourth-order valence-electron chi connectivity index (χ4n) is 2.42. The number of nitrogens with zero attached hydrogens (tertiary/aromatic N) is 3. The molecule has 0 saturated carbocycles. The minimum absolute atomic E-state index is 0.0192. The van der Waals surface area contributed by atoms with Crippen LogP contribution in [0.4, 0.5) is 17.3 Å². The molecule has 8 nitrogen and oxygen atoms in total. The van der Waals surface area contributed by atoms with Gasteiger partial charge in [0.15, 0.2) is 0 Å². The first kappa shape index (κ1) is 15.5. The molecule has 0 amide bonds. The molecule has 2 heterocycles. The fourth-order valence-corrected chi connectivity index (χ4v) is 2.42. The maximum Gasteiger partial charge on any atom is 0.276 e. The highest BCUT2D eigenvalue weighted by Crippen LogP contribution is 2.27. The van der Waals surface area contributed by atoms with E-state index in [1.807, 2.05) is 11.8 Å². The van der Waals surface area contributed by atoms with Gasteiger partial charge in [0, 0.05) is 33.9 Å². The number of hydrogen-bond acceptors (Lipinski definition) is 7. The van der Waals surface area contributed by atoms with Crippen molar-refractivity contribution in [3.05, 3.63) is 22.2 Å². The molecule has 1 aliphatic heterocycles. The van der Waals surface area contributed by atoms with Crippen LogP contribution in [0.3, 0.4) is 0 Å². The molecule has 0 aromatic carbocycles. The van der Waals surface area contributed by atoms with Crippen LogP contribution in [-0.2, 0) is 9.47 Å². The van der Waals surface area contributed by atoms with Crippen LogP contribution in [0.15, 0.2) is 12.1 Å². The van der Waals surface area contributed by atoms with Crippen LogP contribution in [-0.4, -0.2) is 56.0 Å². The van der Waals surface area contributed by atoms with E-state index in [9.17, 15) is 10.1 Å². The molecule has 1 aromatic rings. The average Bonchev–Trinajstić information content (AvgIpc) is 2.90. The molecule has 1 aromatic heterocycles. The first-order chi connectivity index (χ1) is 10.1. The van der Waals surface area contributed by atoms with Crippen molar-refractivity contribution in [1.82, 2.24) is 4.98 Å². The van der Waals surface area contributed by atoms with Crippen molar-refractivity contribution in [2.75, 3.05) is 44.1 Å². The van der Waals surface area contributed by atoms with Gasteiger partial charge in [-0.05, 0) is 6.92 Å². The van der Waals surface area contributed by atoms with Gasteiger partial charge in [0.05, 0.1) is 17.1 Å². The number of rotatable bonds is 6. The number of aromatic nitrogens is 1. The molecule has 2 rings (SSSR count). The Labute approximate surface area is 123 Å². The van der Waals surface area contributed by atoms with Gasteiger partial charge in [0.1, 0.15) is 23.8 Å². The zero-order chi connectivity index (χ0) is 15.4. The molecule has 1 saturated heterocycles. The van der Waals surface area contributed by atoms with Gasteiger partial charge in [-0.1, -0.05) is 0 Å². The first-order valence-electron chi connectivity index (χ1n) is 6.80. The summed E-state index contributed by atoms with van der Waals surface area (Å²) >= 11 is 0. The number of methoxy groups -OCH3 is 2. The monoisotopic (exact) mass is 296 g/mol. The van der Waals surface area contributed by atoms with Gasteiger partial charge >= 0.3 is 0 Å². The number of anilines is 2. The van der Waals surface area contributed by atoms with Gasteiger partial charge in [0.25, 0.3) is 5.69 Å². The second-order valence-electron chi connectivity index (χ2n) is 4.81. The summed E-state index contributed by atoms with van der Waals surface area (Å²) in [5, 5.41) is 14.1. The summed E-state index contributed by atoms with van der Waals surface area (Å²) in [6, 6.07) is 2.91. The standard InChI is InChI=1S/C13H20N4O4/c1-4-14-12-5-9(17(18)19)6-13(15-12)16-7-10(20-2)11(8-16)21-3/h5-6,10-11H,4,7-8H2,1-3H3,(H,14,15). The van der Waals surface area contributed by atoms with Crippen LogP contribution in [0.2, 0.25) is 0 Å². The van der Waals surface area contributed by atoms with Crippen molar-refractivity contribution < 1.29 is 14.4 Å². The molecule has 0 aliphatic carbocycles. The number of hydrogen-bond donors (Lipinski definition) is 1. The molecule has 2 atom stereocenters. The molecule has 1 N–H and O–H groups in total. The molecule has 0 radical (unpaired) electrons. The lowest BCUT2D eigenvalue weighted by molar-refractivity contribution is -0.384. The van der Waals surface area contributed by atoms with E-state index >= 15 is 0 Å².